The number of hydrogen-bond acceptors (Lipinski definition) is 2. The van der Waals surface area contributed by atoms with Gasteiger partial charge in [-0.3, -0.25) is 4.99 Å². The zero-order valence-electron chi connectivity index (χ0n) is 8.27. The number of halogens is 1. The lowest BCUT2D eigenvalue weighted by atomic mass is 10.3. The topological polar surface area (TPSA) is 12.4 Å². The Morgan fingerprint density at radius 1 is 1.20 bits per heavy atom. The normalized spacial score (nSPS) is 11.1. The van der Waals surface area contributed by atoms with E-state index in [1.54, 1.807) is 11.3 Å². The van der Waals surface area contributed by atoms with Crippen LogP contribution in [0, 0.1) is 6.92 Å². The molecule has 0 aliphatic rings. The molecule has 76 valence electrons. The standard InChI is InChI=1S/C12H10ClNS/c1-9-6-7-15-12(9)8-14-11-4-2-10(13)3-5-11/h2-8H,1H3. The van der Waals surface area contributed by atoms with Crippen molar-refractivity contribution in [2.45, 2.75) is 6.92 Å². The van der Waals surface area contributed by atoms with Crippen molar-refractivity contribution in [1.29, 1.82) is 0 Å². The average molecular weight is 236 g/mol. The number of nitrogens with zero attached hydrogens (tertiary/aromatic N) is 1. The van der Waals surface area contributed by atoms with Crippen LogP contribution >= 0.6 is 22.9 Å². The average Bonchev–Trinajstić information content (AvgIpc) is 2.63. The highest BCUT2D eigenvalue weighted by Gasteiger charge is 1.95. The van der Waals surface area contributed by atoms with Gasteiger partial charge in [-0.1, -0.05) is 11.6 Å². The Kier molecular flexibility index (Phi) is 3.19. The molecular formula is C12H10ClNS. The van der Waals surface area contributed by atoms with E-state index in [-0.39, 0.29) is 0 Å². The third kappa shape index (κ3) is 2.67. The fourth-order valence-electron chi connectivity index (χ4n) is 1.18. The smallest absolute Gasteiger partial charge is 0.0631 e. The molecule has 0 amide bonds. The summed E-state index contributed by atoms with van der Waals surface area (Å²) in [5.74, 6) is 0. The van der Waals surface area contributed by atoms with Gasteiger partial charge < -0.3 is 0 Å². The van der Waals surface area contributed by atoms with Gasteiger partial charge in [-0.05, 0) is 48.2 Å². The van der Waals surface area contributed by atoms with Crippen LogP contribution in [0.2, 0.25) is 5.02 Å². The SMILES string of the molecule is Cc1ccsc1C=Nc1ccc(Cl)cc1. The van der Waals surface area contributed by atoms with E-state index in [0.717, 1.165) is 10.7 Å². The summed E-state index contributed by atoms with van der Waals surface area (Å²) in [5.41, 5.74) is 2.19. The van der Waals surface area contributed by atoms with E-state index in [1.807, 2.05) is 30.5 Å². The number of aryl methyl sites for hydroxylation is 1. The van der Waals surface area contributed by atoms with Crippen molar-refractivity contribution in [2.24, 2.45) is 4.99 Å². The first-order chi connectivity index (χ1) is 7.25. The summed E-state index contributed by atoms with van der Waals surface area (Å²) in [4.78, 5) is 5.58. The first-order valence-corrected chi connectivity index (χ1v) is 5.85. The third-order valence-corrected chi connectivity index (χ3v) is 3.26. The van der Waals surface area contributed by atoms with Crippen LogP contribution in [-0.2, 0) is 0 Å². The highest BCUT2D eigenvalue weighted by atomic mass is 35.5. The predicted molar refractivity (Wildman–Crippen MR) is 67.8 cm³/mol. The minimum atomic E-state index is 0.737. The van der Waals surface area contributed by atoms with Gasteiger partial charge in [0.25, 0.3) is 0 Å². The summed E-state index contributed by atoms with van der Waals surface area (Å²) in [7, 11) is 0. The molecule has 2 rings (SSSR count). The van der Waals surface area contributed by atoms with Crippen molar-refractivity contribution in [2.75, 3.05) is 0 Å². The fraction of sp³-hybridized carbons (Fsp3) is 0.0833. The highest BCUT2D eigenvalue weighted by molar-refractivity contribution is 7.11. The molecule has 15 heavy (non-hydrogen) atoms. The van der Waals surface area contributed by atoms with E-state index in [9.17, 15) is 0 Å². The molecule has 0 radical (unpaired) electrons. The van der Waals surface area contributed by atoms with Gasteiger partial charge in [-0.2, -0.15) is 0 Å². The van der Waals surface area contributed by atoms with Crippen LogP contribution in [-0.4, -0.2) is 6.21 Å². The maximum absolute atomic E-state index is 5.79. The highest BCUT2D eigenvalue weighted by Crippen LogP contribution is 2.18. The number of aliphatic imine (C=N–C) groups is 1. The van der Waals surface area contributed by atoms with Crippen LogP contribution in [0.1, 0.15) is 10.4 Å². The maximum atomic E-state index is 5.79. The molecular weight excluding hydrogens is 226 g/mol. The lowest BCUT2D eigenvalue weighted by molar-refractivity contribution is 1.51. The molecule has 3 heteroatoms. The molecule has 0 spiro atoms. The second-order valence-electron chi connectivity index (χ2n) is 3.20. The summed E-state index contributed by atoms with van der Waals surface area (Å²) in [6.07, 6.45) is 1.89. The van der Waals surface area contributed by atoms with Crippen LogP contribution in [0.15, 0.2) is 40.7 Å². The largest absolute Gasteiger partial charge is 0.255 e. The Labute approximate surface area is 98.1 Å². The van der Waals surface area contributed by atoms with E-state index in [2.05, 4.69) is 23.4 Å². The molecule has 0 N–H and O–H groups in total. The molecule has 1 nitrogen and oxygen atoms in total. The molecule has 1 aromatic heterocycles. The number of hydrogen-bond donors (Lipinski definition) is 0. The van der Waals surface area contributed by atoms with Crippen molar-refractivity contribution in [3.05, 3.63) is 51.2 Å². The van der Waals surface area contributed by atoms with Gasteiger partial charge in [0.15, 0.2) is 0 Å². The zero-order valence-corrected chi connectivity index (χ0v) is 9.85. The lowest BCUT2D eigenvalue weighted by Gasteiger charge is -1.93. The van der Waals surface area contributed by atoms with Crippen molar-refractivity contribution in [3.63, 3.8) is 0 Å². The van der Waals surface area contributed by atoms with Crippen molar-refractivity contribution < 1.29 is 0 Å². The number of benzene rings is 1. The lowest BCUT2D eigenvalue weighted by Crippen LogP contribution is -1.76. The Morgan fingerprint density at radius 3 is 2.53 bits per heavy atom. The van der Waals surface area contributed by atoms with Crippen molar-refractivity contribution in [3.8, 4) is 0 Å². The van der Waals surface area contributed by atoms with Gasteiger partial charge >= 0.3 is 0 Å². The first kappa shape index (κ1) is 10.4. The van der Waals surface area contributed by atoms with E-state index in [4.69, 9.17) is 11.6 Å². The van der Waals surface area contributed by atoms with Crippen molar-refractivity contribution >= 4 is 34.8 Å². The monoisotopic (exact) mass is 235 g/mol. The summed E-state index contributed by atoms with van der Waals surface area (Å²) in [5, 5.41) is 2.81. The van der Waals surface area contributed by atoms with Gasteiger partial charge in [0.2, 0.25) is 0 Å². The van der Waals surface area contributed by atoms with Gasteiger partial charge in [0.05, 0.1) is 5.69 Å². The molecule has 0 aliphatic carbocycles. The molecule has 1 heterocycles. The fourth-order valence-corrected chi connectivity index (χ4v) is 2.09. The molecule has 0 unspecified atom stereocenters. The summed E-state index contributed by atoms with van der Waals surface area (Å²) in [6, 6.07) is 9.59. The van der Waals surface area contributed by atoms with Gasteiger partial charge in [0.1, 0.15) is 0 Å². The van der Waals surface area contributed by atoms with Crippen LogP contribution < -0.4 is 0 Å². The first-order valence-electron chi connectivity index (χ1n) is 4.59. The summed E-state index contributed by atoms with van der Waals surface area (Å²) < 4.78 is 0. The Morgan fingerprint density at radius 2 is 1.93 bits per heavy atom. The second-order valence-corrected chi connectivity index (χ2v) is 4.59. The predicted octanol–water partition coefficient (Wildman–Crippen LogP) is 4.46. The Balaban J connectivity index is 2.19. The van der Waals surface area contributed by atoms with Crippen LogP contribution in [0.4, 0.5) is 5.69 Å². The molecule has 0 saturated carbocycles. The Bertz CT molecular complexity index is 471. The van der Waals surface area contributed by atoms with Gasteiger partial charge in [-0.25, -0.2) is 0 Å². The van der Waals surface area contributed by atoms with Gasteiger partial charge in [-0.15, -0.1) is 11.3 Å². The van der Waals surface area contributed by atoms with Crippen LogP contribution in [0.3, 0.4) is 0 Å². The van der Waals surface area contributed by atoms with Crippen molar-refractivity contribution in [1.82, 2.24) is 0 Å². The minimum absolute atomic E-state index is 0.737. The molecule has 0 fully saturated rings. The maximum Gasteiger partial charge on any atom is 0.0631 e. The summed E-state index contributed by atoms with van der Waals surface area (Å²) >= 11 is 7.48. The minimum Gasteiger partial charge on any atom is -0.255 e. The van der Waals surface area contributed by atoms with E-state index >= 15 is 0 Å². The summed E-state index contributed by atoms with van der Waals surface area (Å²) in [6.45, 7) is 2.08. The van der Waals surface area contributed by atoms with E-state index < -0.39 is 0 Å². The zero-order chi connectivity index (χ0) is 10.7. The molecule has 2 aromatic rings. The second kappa shape index (κ2) is 4.60. The quantitative estimate of drug-likeness (QED) is 0.682. The van der Waals surface area contributed by atoms with Crippen LogP contribution in [0.5, 0.6) is 0 Å². The Hall–Kier alpha value is -1.12. The molecule has 0 bridgehead atoms. The van der Waals surface area contributed by atoms with E-state index in [0.29, 0.717) is 0 Å². The molecule has 0 atom stereocenters. The third-order valence-electron chi connectivity index (χ3n) is 2.06. The molecule has 0 saturated heterocycles. The molecule has 1 aromatic carbocycles. The van der Waals surface area contributed by atoms with E-state index in [1.165, 1.54) is 10.4 Å². The number of thiophene rings is 1. The van der Waals surface area contributed by atoms with Gasteiger partial charge in [0, 0.05) is 16.1 Å². The van der Waals surface area contributed by atoms with Crippen LogP contribution in [0.25, 0.3) is 0 Å². The number of rotatable bonds is 2. The molecule has 0 aliphatic heterocycles.